The van der Waals surface area contributed by atoms with Crippen molar-refractivity contribution in [2.24, 2.45) is 5.92 Å². The van der Waals surface area contributed by atoms with Crippen molar-refractivity contribution < 1.29 is 5.11 Å². The van der Waals surface area contributed by atoms with E-state index in [1.54, 1.807) is 0 Å². The van der Waals surface area contributed by atoms with Crippen molar-refractivity contribution in [3.63, 3.8) is 0 Å². The smallest absolute Gasteiger partial charge is 0.0695 e. The van der Waals surface area contributed by atoms with Gasteiger partial charge in [-0.3, -0.25) is 4.90 Å². The lowest BCUT2D eigenvalue weighted by Gasteiger charge is -2.30. The van der Waals surface area contributed by atoms with Crippen molar-refractivity contribution in [2.75, 3.05) is 13.6 Å². The number of benzene rings is 2. The Balaban J connectivity index is 1.85. The van der Waals surface area contributed by atoms with Crippen molar-refractivity contribution in [2.45, 2.75) is 25.0 Å². The maximum Gasteiger partial charge on any atom is 0.0695 e. The highest BCUT2D eigenvalue weighted by Crippen LogP contribution is 2.34. The fraction of sp³-hybridized carbons (Fsp3) is 0.368. The van der Waals surface area contributed by atoms with Gasteiger partial charge in [-0.2, -0.15) is 0 Å². The molecular weight excluding hydrogens is 258 g/mol. The topological polar surface area (TPSA) is 23.5 Å². The Morgan fingerprint density at radius 1 is 0.952 bits per heavy atom. The van der Waals surface area contributed by atoms with E-state index in [0.29, 0.717) is 5.92 Å². The first kappa shape index (κ1) is 14.3. The molecule has 1 unspecified atom stereocenters. The molecule has 0 bridgehead atoms. The fourth-order valence-corrected chi connectivity index (χ4v) is 3.00. The second-order valence-corrected chi connectivity index (χ2v) is 6.07. The summed E-state index contributed by atoms with van der Waals surface area (Å²) in [6.45, 7) is 0.721. The molecule has 1 N–H and O–H groups in total. The lowest BCUT2D eigenvalue weighted by atomic mass is 9.97. The first-order valence-corrected chi connectivity index (χ1v) is 7.74. The largest absolute Gasteiger partial charge is 0.392 e. The molecule has 1 saturated carbocycles. The zero-order valence-corrected chi connectivity index (χ0v) is 12.5. The fourth-order valence-electron chi connectivity index (χ4n) is 3.00. The Bertz CT molecular complexity index is 511. The van der Waals surface area contributed by atoms with Crippen molar-refractivity contribution in [1.29, 1.82) is 0 Å². The van der Waals surface area contributed by atoms with Gasteiger partial charge in [0, 0.05) is 6.54 Å². The van der Waals surface area contributed by atoms with E-state index < -0.39 is 0 Å². The summed E-state index contributed by atoms with van der Waals surface area (Å²) in [5, 5.41) is 10.3. The summed E-state index contributed by atoms with van der Waals surface area (Å²) in [5.74, 6) is 0.514. The number of rotatable bonds is 6. The molecule has 0 aliphatic heterocycles. The highest BCUT2D eigenvalue weighted by Gasteiger charge is 2.32. The van der Waals surface area contributed by atoms with Crippen LogP contribution in [0.4, 0.5) is 0 Å². The summed E-state index contributed by atoms with van der Waals surface area (Å²) in [7, 11) is 2.11. The first-order valence-electron chi connectivity index (χ1n) is 7.74. The Labute approximate surface area is 127 Å². The van der Waals surface area contributed by atoms with Gasteiger partial charge in [0.2, 0.25) is 0 Å². The number of hydrogen-bond donors (Lipinski definition) is 1. The van der Waals surface area contributed by atoms with Crippen LogP contribution in [-0.4, -0.2) is 29.7 Å². The average molecular weight is 281 g/mol. The number of aliphatic hydroxyl groups is 1. The quantitative estimate of drug-likeness (QED) is 0.876. The van der Waals surface area contributed by atoms with Gasteiger partial charge in [0.25, 0.3) is 0 Å². The number of nitrogens with zero attached hydrogens (tertiary/aromatic N) is 1. The van der Waals surface area contributed by atoms with Crippen LogP contribution in [0, 0.1) is 5.92 Å². The molecular formula is C19H23NO. The van der Waals surface area contributed by atoms with Gasteiger partial charge in [-0.15, -0.1) is 0 Å². The average Bonchev–Trinajstić information content (AvgIpc) is 3.34. The molecule has 1 aliphatic rings. The molecule has 1 fully saturated rings. The minimum absolute atomic E-state index is 0.195. The molecule has 0 saturated heterocycles. The second-order valence-electron chi connectivity index (χ2n) is 6.07. The Morgan fingerprint density at radius 2 is 1.43 bits per heavy atom. The number of likely N-dealkylation sites (N-methyl/N-ethyl adjacent to an activating group) is 1. The summed E-state index contributed by atoms with van der Waals surface area (Å²) in [6.07, 6.45) is 2.15. The first-order chi connectivity index (χ1) is 10.3. The van der Waals surface area contributed by atoms with Crippen LogP contribution in [0.15, 0.2) is 60.7 Å². The number of aliphatic hydroxyl groups excluding tert-OH is 1. The van der Waals surface area contributed by atoms with E-state index in [2.05, 4.69) is 60.5 Å². The monoisotopic (exact) mass is 281 g/mol. The van der Waals surface area contributed by atoms with Crippen LogP contribution in [0.1, 0.15) is 30.0 Å². The van der Waals surface area contributed by atoms with E-state index in [4.69, 9.17) is 0 Å². The molecule has 21 heavy (non-hydrogen) atoms. The third kappa shape index (κ3) is 3.52. The van der Waals surface area contributed by atoms with Gasteiger partial charge in [-0.25, -0.2) is 0 Å². The normalized spacial score (nSPS) is 16.4. The van der Waals surface area contributed by atoms with Gasteiger partial charge < -0.3 is 5.11 Å². The third-order valence-corrected chi connectivity index (χ3v) is 4.31. The summed E-state index contributed by atoms with van der Waals surface area (Å²) in [6, 6.07) is 21.3. The van der Waals surface area contributed by atoms with Gasteiger partial charge in [0.05, 0.1) is 12.1 Å². The van der Waals surface area contributed by atoms with Crippen LogP contribution in [-0.2, 0) is 0 Å². The third-order valence-electron chi connectivity index (χ3n) is 4.31. The molecule has 2 nitrogen and oxygen atoms in total. The molecule has 1 atom stereocenters. The zero-order chi connectivity index (χ0) is 14.7. The highest BCUT2D eigenvalue weighted by atomic mass is 16.3. The zero-order valence-electron chi connectivity index (χ0n) is 12.5. The maximum atomic E-state index is 10.3. The van der Waals surface area contributed by atoms with Gasteiger partial charge in [-0.1, -0.05) is 60.7 Å². The van der Waals surface area contributed by atoms with Crippen LogP contribution in [0.5, 0.6) is 0 Å². The van der Waals surface area contributed by atoms with Crippen LogP contribution in [0.25, 0.3) is 0 Å². The molecule has 2 aromatic carbocycles. The molecule has 2 heteroatoms. The molecule has 0 amide bonds. The molecule has 2 aromatic rings. The Hall–Kier alpha value is -1.64. The van der Waals surface area contributed by atoms with Crippen molar-refractivity contribution in [3.8, 4) is 0 Å². The van der Waals surface area contributed by atoms with Crippen molar-refractivity contribution in [3.05, 3.63) is 71.8 Å². The predicted molar refractivity (Wildman–Crippen MR) is 86.1 cm³/mol. The van der Waals surface area contributed by atoms with Gasteiger partial charge in [-0.05, 0) is 36.9 Å². The van der Waals surface area contributed by atoms with E-state index in [0.717, 1.165) is 6.54 Å². The summed E-state index contributed by atoms with van der Waals surface area (Å²) < 4.78 is 0. The van der Waals surface area contributed by atoms with E-state index >= 15 is 0 Å². The van der Waals surface area contributed by atoms with Crippen LogP contribution in [0.3, 0.4) is 0 Å². The van der Waals surface area contributed by atoms with E-state index in [-0.39, 0.29) is 12.1 Å². The van der Waals surface area contributed by atoms with Gasteiger partial charge in [0.15, 0.2) is 0 Å². The second kappa shape index (κ2) is 6.42. The molecule has 0 aromatic heterocycles. The maximum absolute atomic E-state index is 10.3. The van der Waals surface area contributed by atoms with Gasteiger partial charge >= 0.3 is 0 Å². The Morgan fingerprint density at radius 3 is 1.86 bits per heavy atom. The molecule has 3 rings (SSSR count). The van der Waals surface area contributed by atoms with Crippen LogP contribution >= 0.6 is 0 Å². The SMILES string of the molecule is CN(CC(O)C1CC1)C(c1ccccc1)c1ccccc1. The Kier molecular flexibility index (Phi) is 4.37. The number of hydrogen-bond acceptors (Lipinski definition) is 2. The molecule has 1 aliphatic carbocycles. The minimum Gasteiger partial charge on any atom is -0.392 e. The lowest BCUT2D eigenvalue weighted by molar-refractivity contribution is 0.0950. The molecule has 0 radical (unpaired) electrons. The molecule has 0 heterocycles. The van der Waals surface area contributed by atoms with Gasteiger partial charge in [0.1, 0.15) is 0 Å². The van der Waals surface area contributed by atoms with E-state index in [1.165, 1.54) is 24.0 Å². The minimum atomic E-state index is -0.204. The van der Waals surface area contributed by atoms with Crippen molar-refractivity contribution in [1.82, 2.24) is 4.90 Å². The van der Waals surface area contributed by atoms with E-state index in [9.17, 15) is 5.11 Å². The van der Waals surface area contributed by atoms with Crippen LogP contribution in [0.2, 0.25) is 0 Å². The van der Waals surface area contributed by atoms with E-state index in [1.807, 2.05) is 12.1 Å². The molecule has 0 spiro atoms. The summed E-state index contributed by atoms with van der Waals surface area (Å²) >= 11 is 0. The lowest BCUT2D eigenvalue weighted by Crippen LogP contribution is -2.34. The summed E-state index contributed by atoms with van der Waals surface area (Å²) in [4.78, 5) is 2.27. The molecule has 110 valence electrons. The summed E-state index contributed by atoms with van der Waals surface area (Å²) in [5.41, 5.74) is 2.54. The predicted octanol–water partition coefficient (Wildman–Crippen LogP) is 3.48. The standard InChI is InChI=1S/C19H23NO/c1-20(14-18(21)15-12-13-15)19(16-8-4-2-5-9-16)17-10-6-3-7-11-17/h2-11,15,18-19,21H,12-14H2,1H3. The van der Waals surface area contributed by atoms with Crippen LogP contribution < -0.4 is 0 Å². The van der Waals surface area contributed by atoms with Crippen molar-refractivity contribution >= 4 is 0 Å². The highest BCUT2D eigenvalue weighted by molar-refractivity contribution is 5.31.